The molecule has 0 atom stereocenters. The molecule has 90 valence electrons. The molecule has 0 aliphatic carbocycles. The fourth-order valence-electron chi connectivity index (χ4n) is 1.49. The molecule has 0 fully saturated rings. The van der Waals surface area contributed by atoms with Crippen LogP contribution in [0.1, 0.15) is 17.2 Å². The van der Waals surface area contributed by atoms with Gasteiger partial charge in [0.05, 0.1) is 12.2 Å². The predicted octanol–water partition coefficient (Wildman–Crippen LogP) is 0.514. The lowest BCUT2D eigenvalue weighted by Crippen LogP contribution is -2.15. The quantitative estimate of drug-likeness (QED) is 0.805. The molecule has 2 aromatic rings. The molecule has 6 nitrogen and oxygen atoms in total. The Bertz CT molecular complexity index is 508. The Kier molecular flexibility index (Phi) is 3.34. The van der Waals surface area contributed by atoms with Crippen molar-refractivity contribution < 1.29 is 5.11 Å². The molecule has 0 aliphatic rings. The van der Waals surface area contributed by atoms with Gasteiger partial charge in [0, 0.05) is 19.3 Å². The van der Waals surface area contributed by atoms with Gasteiger partial charge in [-0.3, -0.25) is 9.67 Å². The van der Waals surface area contributed by atoms with Gasteiger partial charge in [-0.15, -0.1) is 0 Å². The molecular weight excluding hydrogens is 218 g/mol. The van der Waals surface area contributed by atoms with Crippen LogP contribution in [0.2, 0.25) is 0 Å². The van der Waals surface area contributed by atoms with Crippen LogP contribution >= 0.6 is 0 Å². The molecule has 2 aromatic heterocycles. The number of aromatic nitrogens is 4. The van der Waals surface area contributed by atoms with Crippen LogP contribution in [-0.2, 0) is 20.1 Å². The molecular formula is C11H15N5O. The van der Waals surface area contributed by atoms with Gasteiger partial charge in [0.2, 0.25) is 0 Å². The molecule has 0 saturated heterocycles. The maximum Gasteiger partial charge on any atom is 0.164 e. The molecule has 0 amide bonds. The fraction of sp³-hybridized carbons (Fsp3) is 0.364. The molecule has 0 unspecified atom stereocenters. The van der Waals surface area contributed by atoms with Crippen LogP contribution in [0.25, 0.3) is 0 Å². The average Bonchev–Trinajstić information content (AvgIpc) is 2.69. The molecule has 2 heterocycles. The van der Waals surface area contributed by atoms with Gasteiger partial charge in [-0.1, -0.05) is 0 Å². The number of aryl methyl sites for hydroxylation is 2. The van der Waals surface area contributed by atoms with E-state index < -0.39 is 0 Å². The summed E-state index contributed by atoms with van der Waals surface area (Å²) in [4.78, 5) is 8.34. The summed E-state index contributed by atoms with van der Waals surface area (Å²) in [6.45, 7) is 2.94. The first-order chi connectivity index (χ1) is 8.15. The standard InChI is InChI=1S/C11H15N5O/c1-8-3-4-10(17)9(14-8)5-12-6-11-13-7-16(2)15-11/h3-4,7,12,17H,5-6H2,1-2H3. The van der Waals surface area contributed by atoms with Crippen LogP contribution < -0.4 is 5.32 Å². The second kappa shape index (κ2) is 4.92. The van der Waals surface area contributed by atoms with Crippen LogP contribution in [0.3, 0.4) is 0 Å². The molecule has 0 spiro atoms. The summed E-state index contributed by atoms with van der Waals surface area (Å²) in [6, 6.07) is 3.43. The van der Waals surface area contributed by atoms with E-state index in [0.717, 1.165) is 11.5 Å². The minimum atomic E-state index is 0.206. The summed E-state index contributed by atoms with van der Waals surface area (Å²) in [5.41, 5.74) is 1.52. The van der Waals surface area contributed by atoms with Gasteiger partial charge in [-0.25, -0.2) is 4.98 Å². The van der Waals surface area contributed by atoms with Gasteiger partial charge >= 0.3 is 0 Å². The third-order valence-electron chi connectivity index (χ3n) is 2.31. The summed E-state index contributed by atoms with van der Waals surface area (Å²) in [5, 5.41) is 16.9. The molecule has 0 radical (unpaired) electrons. The van der Waals surface area contributed by atoms with Crippen LogP contribution in [0.5, 0.6) is 5.75 Å². The first-order valence-electron chi connectivity index (χ1n) is 5.36. The van der Waals surface area contributed by atoms with Crippen molar-refractivity contribution >= 4 is 0 Å². The highest BCUT2D eigenvalue weighted by Crippen LogP contribution is 2.14. The highest BCUT2D eigenvalue weighted by atomic mass is 16.3. The van der Waals surface area contributed by atoms with Crippen molar-refractivity contribution in [3.63, 3.8) is 0 Å². The van der Waals surface area contributed by atoms with E-state index in [1.807, 2.05) is 14.0 Å². The zero-order chi connectivity index (χ0) is 12.3. The predicted molar refractivity (Wildman–Crippen MR) is 62.2 cm³/mol. The SMILES string of the molecule is Cc1ccc(O)c(CNCc2ncn(C)n2)n1. The van der Waals surface area contributed by atoms with Crippen molar-refractivity contribution in [1.82, 2.24) is 25.1 Å². The molecule has 6 heteroatoms. The van der Waals surface area contributed by atoms with E-state index in [-0.39, 0.29) is 5.75 Å². The van der Waals surface area contributed by atoms with Gasteiger partial charge in [-0.05, 0) is 19.1 Å². The Morgan fingerprint density at radius 1 is 1.35 bits per heavy atom. The fourth-order valence-corrected chi connectivity index (χ4v) is 1.49. The summed E-state index contributed by atoms with van der Waals surface area (Å²) in [7, 11) is 1.82. The van der Waals surface area contributed by atoms with Crippen molar-refractivity contribution in [1.29, 1.82) is 0 Å². The lowest BCUT2D eigenvalue weighted by Gasteiger charge is -2.05. The lowest BCUT2D eigenvalue weighted by atomic mass is 10.3. The summed E-state index contributed by atoms with van der Waals surface area (Å²) < 4.78 is 1.65. The van der Waals surface area contributed by atoms with Crippen molar-refractivity contribution in [2.75, 3.05) is 0 Å². The molecule has 0 bridgehead atoms. The van der Waals surface area contributed by atoms with E-state index in [4.69, 9.17) is 0 Å². The normalized spacial score (nSPS) is 10.7. The number of aromatic hydroxyl groups is 1. The van der Waals surface area contributed by atoms with E-state index in [0.29, 0.717) is 18.8 Å². The molecule has 0 aromatic carbocycles. The topological polar surface area (TPSA) is 75.9 Å². The van der Waals surface area contributed by atoms with E-state index in [9.17, 15) is 5.11 Å². The first kappa shape index (κ1) is 11.5. The Labute approximate surface area is 99.3 Å². The van der Waals surface area contributed by atoms with Crippen LogP contribution in [0, 0.1) is 6.92 Å². The van der Waals surface area contributed by atoms with Gasteiger partial charge in [0.15, 0.2) is 5.82 Å². The zero-order valence-electron chi connectivity index (χ0n) is 9.88. The number of nitrogens with zero attached hydrogens (tertiary/aromatic N) is 4. The number of hydrogen-bond acceptors (Lipinski definition) is 5. The summed E-state index contributed by atoms with van der Waals surface area (Å²) in [6.07, 6.45) is 1.65. The number of pyridine rings is 1. The molecule has 0 saturated carbocycles. The van der Waals surface area contributed by atoms with Crippen molar-refractivity contribution in [3.8, 4) is 5.75 Å². The highest BCUT2D eigenvalue weighted by Gasteiger charge is 2.04. The molecule has 2 rings (SSSR count). The van der Waals surface area contributed by atoms with Crippen LogP contribution in [0.4, 0.5) is 0 Å². The Morgan fingerprint density at radius 3 is 2.88 bits per heavy atom. The van der Waals surface area contributed by atoms with Crippen LogP contribution in [0.15, 0.2) is 18.5 Å². The largest absolute Gasteiger partial charge is 0.506 e. The second-order valence-corrected chi connectivity index (χ2v) is 3.86. The number of hydrogen-bond donors (Lipinski definition) is 2. The minimum absolute atomic E-state index is 0.206. The second-order valence-electron chi connectivity index (χ2n) is 3.86. The van der Waals surface area contributed by atoms with Crippen molar-refractivity contribution in [2.45, 2.75) is 20.0 Å². The van der Waals surface area contributed by atoms with E-state index in [2.05, 4.69) is 20.4 Å². The van der Waals surface area contributed by atoms with Crippen molar-refractivity contribution in [3.05, 3.63) is 35.7 Å². The highest BCUT2D eigenvalue weighted by molar-refractivity contribution is 5.27. The zero-order valence-corrected chi connectivity index (χ0v) is 9.88. The third-order valence-corrected chi connectivity index (χ3v) is 2.31. The first-order valence-corrected chi connectivity index (χ1v) is 5.36. The summed E-state index contributed by atoms with van der Waals surface area (Å²) in [5.74, 6) is 0.928. The molecule has 17 heavy (non-hydrogen) atoms. The van der Waals surface area contributed by atoms with Gasteiger partial charge in [-0.2, -0.15) is 5.10 Å². The monoisotopic (exact) mass is 233 g/mol. The number of nitrogens with one attached hydrogen (secondary N) is 1. The Morgan fingerprint density at radius 2 is 2.18 bits per heavy atom. The lowest BCUT2D eigenvalue weighted by molar-refractivity contribution is 0.458. The average molecular weight is 233 g/mol. The van der Waals surface area contributed by atoms with E-state index in [1.165, 1.54) is 0 Å². The maximum atomic E-state index is 9.60. The number of rotatable bonds is 4. The maximum absolute atomic E-state index is 9.60. The van der Waals surface area contributed by atoms with Gasteiger partial charge in [0.1, 0.15) is 12.1 Å². The minimum Gasteiger partial charge on any atom is -0.506 e. The van der Waals surface area contributed by atoms with E-state index >= 15 is 0 Å². The smallest absolute Gasteiger partial charge is 0.164 e. The van der Waals surface area contributed by atoms with Gasteiger partial charge in [0.25, 0.3) is 0 Å². The molecule has 0 aliphatic heterocycles. The van der Waals surface area contributed by atoms with Gasteiger partial charge < -0.3 is 10.4 Å². The Balaban J connectivity index is 1.91. The molecule has 2 N–H and O–H groups in total. The summed E-state index contributed by atoms with van der Waals surface area (Å²) >= 11 is 0. The Hall–Kier alpha value is -1.95. The third kappa shape index (κ3) is 3.01. The van der Waals surface area contributed by atoms with Crippen LogP contribution in [-0.4, -0.2) is 24.9 Å². The van der Waals surface area contributed by atoms with Crippen molar-refractivity contribution in [2.24, 2.45) is 7.05 Å². The van der Waals surface area contributed by atoms with E-state index in [1.54, 1.807) is 23.1 Å².